The maximum atomic E-state index is 12.6. The summed E-state index contributed by atoms with van der Waals surface area (Å²) in [6.45, 7) is 1.55. The summed E-state index contributed by atoms with van der Waals surface area (Å²) in [5.41, 5.74) is -0.0758. The van der Waals surface area contributed by atoms with Gasteiger partial charge in [-0.3, -0.25) is 4.79 Å². The van der Waals surface area contributed by atoms with E-state index >= 15 is 0 Å². The van der Waals surface area contributed by atoms with Crippen LogP contribution in [-0.2, 0) is 9.53 Å². The van der Waals surface area contributed by atoms with Gasteiger partial charge in [0.25, 0.3) is 5.91 Å². The predicted octanol–water partition coefficient (Wildman–Crippen LogP) is 0.858. The average molecular weight is 312 g/mol. The van der Waals surface area contributed by atoms with Crippen LogP contribution in [0.25, 0.3) is 5.65 Å². The molecular weight excluding hydrogens is 294 g/mol. The van der Waals surface area contributed by atoms with E-state index < -0.39 is 5.60 Å². The maximum Gasteiger partial charge on any atom is 0.257 e. The molecule has 2 aromatic heterocycles. The van der Waals surface area contributed by atoms with Crippen LogP contribution in [0.5, 0.6) is 0 Å². The van der Waals surface area contributed by atoms with Gasteiger partial charge >= 0.3 is 0 Å². The monoisotopic (exact) mass is 311 g/mol. The molecule has 1 aliphatic heterocycles. The van der Waals surface area contributed by atoms with Gasteiger partial charge in [0, 0.05) is 19.4 Å². The predicted molar refractivity (Wildman–Crippen MR) is 80.7 cm³/mol. The Morgan fingerprint density at radius 1 is 1.38 bits per heavy atom. The molecule has 0 bridgehead atoms. The number of methoxy groups -OCH3 is 1. The molecule has 0 saturated carbocycles. The van der Waals surface area contributed by atoms with E-state index in [0.29, 0.717) is 24.3 Å². The highest BCUT2D eigenvalue weighted by Gasteiger charge is 2.39. The number of hydrogen-bond donors (Lipinski definition) is 2. The van der Waals surface area contributed by atoms with Crippen molar-refractivity contribution in [2.24, 2.45) is 0 Å². The number of nitrogens with zero attached hydrogens (tertiary/aromatic N) is 3. The quantitative estimate of drug-likeness (QED) is 0.878. The Kier molecular flexibility index (Phi) is 4.76. The summed E-state index contributed by atoms with van der Waals surface area (Å²) in [6.07, 6.45) is 4.61. The van der Waals surface area contributed by atoms with Crippen molar-refractivity contribution in [2.75, 3.05) is 25.5 Å². The Morgan fingerprint density at radius 2 is 2.14 bits per heavy atom. The smallest absolute Gasteiger partial charge is 0.257 e. The molecule has 1 amide bonds. The van der Waals surface area contributed by atoms with Crippen LogP contribution in [0, 0.1) is 0 Å². The van der Waals surface area contributed by atoms with E-state index in [-0.39, 0.29) is 18.3 Å². The molecule has 0 atom stereocenters. The van der Waals surface area contributed by atoms with Crippen LogP contribution in [0.1, 0.15) is 12.8 Å². The Balaban J connectivity index is 0.00000161. The number of fused-ring (bicyclic) bond motifs is 1. The summed E-state index contributed by atoms with van der Waals surface area (Å²) in [4.78, 5) is 16.7. The zero-order valence-electron chi connectivity index (χ0n) is 11.7. The van der Waals surface area contributed by atoms with Crippen molar-refractivity contribution in [1.82, 2.24) is 19.9 Å². The van der Waals surface area contributed by atoms with Gasteiger partial charge in [0.05, 0.1) is 6.20 Å². The van der Waals surface area contributed by atoms with Crippen molar-refractivity contribution in [3.63, 3.8) is 0 Å². The first-order valence-electron chi connectivity index (χ1n) is 6.61. The molecule has 1 saturated heterocycles. The molecule has 0 unspecified atom stereocenters. The minimum Gasteiger partial charge on any atom is -0.368 e. The molecule has 0 spiro atoms. The van der Waals surface area contributed by atoms with E-state index in [4.69, 9.17) is 4.74 Å². The van der Waals surface area contributed by atoms with Gasteiger partial charge in [-0.25, -0.2) is 4.98 Å². The van der Waals surface area contributed by atoms with Crippen LogP contribution >= 0.6 is 12.4 Å². The number of halogens is 1. The van der Waals surface area contributed by atoms with Crippen molar-refractivity contribution < 1.29 is 9.53 Å². The summed E-state index contributed by atoms with van der Waals surface area (Å²) in [7, 11) is 1.58. The van der Waals surface area contributed by atoms with Gasteiger partial charge < -0.3 is 15.4 Å². The van der Waals surface area contributed by atoms with E-state index in [1.165, 1.54) is 0 Å². The van der Waals surface area contributed by atoms with Crippen molar-refractivity contribution in [3.8, 4) is 0 Å². The number of aromatic nitrogens is 3. The van der Waals surface area contributed by atoms with E-state index in [1.807, 2.05) is 0 Å². The molecule has 2 N–H and O–H groups in total. The van der Waals surface area contributed by atoms with E-state index in [0.717, 1.165) is 13.1 Å². The normalized spacial score (nSPS) is 17.2. The molecular formula is C13H18ClN5O2. The highest BCUT2D eigenvalue weighted by molar-refractivity contribution is 5.97. The molecule has 8 heteroatoms. The third-order valence-electron chi connectivity index (χ3n) is 3.75. The molecule has 0 radical (unpaired) electrons. The lowest BCUT2D eigenvalue weighted by atomic mass is 9.91. The first kappa shape index (κ1) is 15.7. The minimum absolute atomic E-state index is 0. The summed E-state index contributed by atoms with van der Waals surface area (Å²) in [6, 6.07) is 3.51. The third-order valence-corrected chi connectivity index (χ3v) is 3.75. The van der Waals surface area contributed by atoms with Gasteiger partial charge in [0.1, 0.15) is 11.4 Å². The highest BCUT2D eigenvalue weighted by Crippen LogP contribution is 2.24. The zero-order valence-corrected chi connectivity index (χ0v) is 12.5. The standard InChI is InChI=1S/C13H17N5O2.ClH/c1-20-13(4-8-14-9-5-13)12(19)17-11-2-6-15-10-3-7-16-18(10)11;/h2-3,6-7,14H,4-5,8-9H2,1H3,(H,17,19);1H. The largest absolute Gasteiger partial charge is 0.368 e. The second-order valence-electron chi connectivity index (χ2n) is 4.83. The molecule has 3 heterocycles. The van der Waals surface area contributed by atoms with E-state index in [2.05, 4.69) is 20.7 Å². The lowest BCUT2D eigenvalue weighted by Gasteiger charge is -2.34. The summed E-state index contributed by atoms with van der Waals surface area (Å²) in [5.74, 6) is 0.462. The van der Waals surface area contributed by atoms with Crippen LogP contribution in [0.2, 0.25) is 0 Å². The Hall–Kier alpha value is -1.70. The van der Waals surface area contributed by atoms with Gasteiger partial charge in [-0.1, -0.05) is 0 Å². The number of nitrogens with one attached hydrogen (secondary N) is 2. The topological polar surface area (TPSA) is 80.5 Å². The summed E-state index contributed by atoms with van der Waals surface area (Å²) in [5, 5.41) is 10.3. The Morgan fingerprint density at radius 3 is 2.86 bits per heavy atom. The fourth-order valence-electron chi connectivity index (χ4n) is 2.51. The number of ether oxygens (including phenoxy) is 1. The SMILES string of the molecule is COC1(C(=O)Nc2ccnc3ccnn23)CCNCC1.Cl. The summed E-state index contributed by atoms with van der Waals surface area (Å²) < 4.78 is 7.11. The van der Waals surface area contributed by atoms with Crippen LogP contribution in [0.15, 0.2) is 24.5 Å². The number of piperidine rings is 1. The molecule has 114 valence electrons. The van der Waals surface area contributed by atoms with Crippen LogP contribution in [0.3, 0.4) is 0 Å². The Bertz CT molecular complexity index is 624. The summed E-state index contributed by atoms with van der Waals surface area (Å²) >= 11 is 0. The second-order valence-corrected chi connectivity index (χ2v) is 4.83. The first-order valence-corrected chi connectivity index (χ1v) is 6.61. The van der Waals surface area contributed by atoms with Gasteiger partial charge in [-0.2, -0.15) is 9.61 Å². The number of carbonyl (C=O) groups excluding carboxylic acids is 1. The number of anilines is 1. The minimum atomic E-state index is -0.770. The van der Waals surface area contributed by atoms with E-state index in [9.17, 15) is 4.79 Å². The number of carbonyl (C=O) groups is 1. The highest BCUT2D eigenvalue weighted by atomic mass is 35.5. The number of hydrogen-bond acceptors (Lipinski definition) is 5. The zero-order chi connectivity index (χ0) is 14.0. The average Bonchev–Trinajstić information content (AvgIpc) is 2.97. The van der Waals surface area contributed by atoms with Crippen LogP contribution in [0.4, 0.5) is 5.82 Å². The van der Waals surface area contributed by atoms with E-state index in [1.54, 1.807) is 36.2 Å². The van der Waals surface area contributed by atoms with Crippen molar-refractivity contribution in [2.45, 2.75) is 18.4 Å². The molecule has 3 rings (SSSR count). The van der Waals surface area contributed by atoms with Gasteiger partial charge in [0.2, 0.25) is 0 Å². The molecule has 2 aromatic rings. The number of rotatable bonds is 3. The molecule has 0 aromatic carbocycles. The fraction of sp³-hybridized carbons (Fsp3) is 0.462. The number of amides is 1. The maximum absolute atomic E-state index is 12.6. The molecule has 1 fully saturated rings. The fourth-order valence-corrected chi connectivity index (χ4v) is 2.51. The second kappa shape index (κ2) is 6.38. The third kappa shape index (κ3) is 2.85. The first-order chi connectivity index (χ1) is 9.75. The van der Waals surface area contributed by atoms with Crippen LogP contribution in [-0.4, -0.2) is 46.3 Å². The molecule has 21 heavy (non-hydrogen) atoms. The lowest BCUT2D eigenvalue weighted by molar-refractivity contribution is -0.140. The van der Waals surface area contributed by atoms with Crippen molar-refractivity contribution in [1.29, 1.82) is 0 Å². The lowest BCUT2D eigenvalue weighted by Crippen LogP contribution is -2.51. The molecule has 7 nitrogen and oxygen atoms in total. The molecule has 0 aliphatic carbocycles. The van der Waals surface area contributed by atoms with Gasteiger partial charge in [-0.15, -0.1) is 12.4 Å². The molecule has 1 aliphatic rings. The Labute approximate surface area is 128 Å². The van der Waals surface area contributed by atoms with Gasteiger partial charge in [0.15, 0.2) is 5.65 Å². The van der Waals surface area contributed by atoms with Crippen LogP contribution < -0.4 is 10.6 Å². The van der Waals surface area contributed by atoms with Gasteiger partial charge in [-0.05, 0) is 32.0 Å². The van der Waals surface area contributed by atoms with Crippen molar-refractivity contribution in [3.05, 3.63) is 24.5 Å². The van der Waals surface area contributed by atoms with Crippen molar-refractivity contribution >= 4 is 29.8 Å².